The summed E-state index contributed by atoms with van der Waals surface area (Å²) in [4.78, 5) is 21.0. The topological polar surface area (TPSA) is 43.4 Å². The summed E-state index contributed by atoms with van der Waals surface area (Å²) >= 11 is 2.90. The number of aldehydes is 1. The van der Waals surface area contributed by atoms with Crippen molar-refractivity contribution in [2.75, 3.05) is 6.61 Å². The fourth-order valence-electron chi connectivity index (χ4n) is 0.320. The summed E-state index contributed by atoms with van der Waals surface area (Å²) < 4.78 is 3.40. The van der Waals surface area contributed by atoms with Gasteiger partial charge in [0.25, 0.3) is 0 Å². The molecule has 1 atom stereocenters. The SMILES string of the molecule is CCOC(=O)C(C)(Br)C=O. The van der Waals surface area contributed by atoms with Crippen molar-refractivity contribution in [1.29, 1.82) is 0 Å². The van der Waals surface area contributed by atoms with Gasteiger partial charge in [-0.1, -0.05) is 15.9 Å². The molecule has 0 N–H and O–H groups in total. The Morgan fingerprint density at radius 3 is 2.60 bits per heavy atom. The van der Waals surface area contributed by atoms with Gasteiger partial charge < -0.3 is 9.53 Å². The van der Waals surface area contributed by atoms with Crippen molar-refractivity contribution >= 4 is 28.2 Å². The maximum Gasteiger partial charge on any atom is 0.329 e. The van der Waals surface area contributed by atoms with Crippen LogP contribution in [-0.4, -0.2) is 23.2 Å². The lowest BCUT2D eigenvalue weighted by Crippen LogP contribution is -2.31. The van der Waals surface area contributed by atoms with Crippen molar-refractivity contribution < 1.29 is 14.3 Å². The third kappa shape index (κ3) is 2.47. The highest BCUT2D eigenvalue weighted by Gasteiger charge is 2.30. The minimum atomic E-state index is -1.18. The second kappa shape index (κ2) is 3.71. The standard InChI is InChI=1S/C6H9BrO3/c1-3-10-5(9)6(2,7)4-8/h4H,3H2,1-2H3. The number of carbonyl (C=O) groups excluding carboxylic acids is 2. The van der Waals surface area contributed by atoms with Gasteiger partial charge in [-0.3, -0.25) is 4.79 Å². The maximum atomic E-state index is 10.8. The summed E-state index contributed by atoms with van der Waals surface area (Å²) in [6.45, 7) is 3.41. The Hall–Kier alpha value is -0.380. The van der Waals surface area contributed by atoms with Crippen molar-refractivity contribution in [2.45, 2.75) is 18.2 Å². The van der Waals surface area contributed by atoms with Crippen molar-refractivity contribution in [1.82, 2.24) is 0 Å². The Morgan fingerprint density at radius 1 is 1.80 bits per heavy atom. The Labute approximate surface area is 67.9 Å². The molecule has 0 aromatic rings. The van der Waals surface area contributed by atoms with Crippen LogP contribution in [0, 0.1) is 0 Å². The zero-order valence-corrected chi connectivity index (χ0v) is 7.47. The Bertz CT molecular complexity index is 142. The van der Waals surface area contributed by atoms with E-state index >= 15 is 0 Å². The number of carbonyl (C=O) groups is 2. The molecule has 10 heavy (non-hydrogen) atoms. The molecule has 0 rings (SSSR count). The highest BCUT2D eigenvalue weighted by Crippen LogP contribution is 2.15. The molecular weight excluding hydrogens is 200 g/mol. The van der Waals surface area contributed by atoms with Crippen LogP contribution in [0.3, 0.4) is 0 Å². The van der Waals surface area contributed by atoms with Crippen molar-refractivity contribution in [2.24, 2.45) is 0 Å². The number of rotatable bonds is 3. The first kappa shape index (κ1) is 9.62. The van der Waals surface area contributed by atoms with Gasteiger partial charge in [0.2, 0.25) is 0 Å². The predicted octanol–water partition coefficient (Wildman–Crippen LogP) is 0.902. The molecule has 58 valence electrons. The average molecular weight is 209 g/mol. The van der Waals surface area contributed by atoms with Crippen LogP contribution < -0.4 is 0 Å². The van der Waals surface area contributed by atoms with E-state index in [1.165, 1.54) is 6.92 Å². The number of esters is 1. The van der Waals surface area contributed by atoms with Gasteiger partial charge >= 0.3 is 5.97 Å². The Kier molecular flexibility index (Phi) is 3.57. The molecule has 1 unspecified atom stereocenters. The molecule has 0 fully saturated rings. The largest absolute Gasteiger partial charge is 0.465 e. The van der Waals surface area contributed by atoms with Gasteiger partial charge in [-0.15, -0.1) is 0 Å². The number of halogens is 1. The van der Waals surface area contributed by atoms with Crippen molar-refractivity contribution in [3.8, 4) is 0 Å². The molecule has 0 heterocycles. The maximum absolute atomic E-state index is 10.8. The zero-order chi connectivity index (χ0) is 8.20. The van der Waals surface area contributed by atoms with Gasteiger partial charge in [-0.05, 0) is 13.8 Å². The van der Waals surface area contributed by atoms with E-state index < -0.39 is 10.3 Å². The Morgan fingerprint density at radius 2 is 2.30 bits per heavy atom. The average Bonchev–Trinajstić information content (AvgIpc) is 1.89. The first-order valence-electron chi connectivity index (χ1n) is 2.87. The quantitative estimate of drug-likeness (QED) is 0.300. The van der Waals surface area contributed by atoms with E-state index in [1.807, 2.05) is 0 Å². The monoisotopic (exact) mass is 208 g/mol. The van der Waals surface area contributed by atoms with E-state index in [-0.39, 0.29) is 6.61 Å². The summed E-state index contributed by atoms with van der Waals surface area (Å²) in [7, 11) is 0. The van der Waals surface area contributed by atoms with E-state index in [0.717, 1.165) is 0 Å². The van der Waals surface area contributed by atoms with Crippen LogP contribution >= 0.6 is 15.9 Å². The molecule has 0 spiro atoms. The normalized spacial score (nSPS) is 15.5. The van der Waals surface area contributed by atoms with Gasteiger partial charge in [-0.2, -0.15) is 0 Å². The molecule has 4 heteroatoms. The molecule has 0 amide bonds. The number of alkyl halides is 1. The van der Waals surface area contributed by atoms with E-state index in [4.69, 9.17) is 0 Å². The zero-order valence-electron chi connectivity index (χ0n) is 5.89. The smallest absolute Gasteiger partial charge is 0.329 e. The van der Waals surface area contributed by atoms with E-state index in [2.05, 4.69) is 20.7 Å². The van der Waals surface area contributed by atoms with Gasteiger partial charge in [0, 0.05) is 0 Å². The minimum absolute atomic E-state index is 0.286. The Balaban J connectivity index is 4.04. The van der Waals surface area contributed by atoms with Gasteiger partial charge in [0.1, 0.15) is 6.29 Å². The molecule has 0 aliphatic carbocycles. The molecule has 0 aromatic heterocycles. The molecule has 0 bridgehead atoms. The summed E-state index contributed by atoms with van der Waals surface area (Å²) in [6.07, 6.45) is 0.505. The number of hydrogen-bond acceptors (Lipinski definition) is 3. The number of hydrogen-bond donors (Lipinski definition) is 0. The molecule has 0 saturated heterocycles. The van der Waals surface area contributed by atoms with E-state index in [1.54, 1.807) is 6.92 Å². The molecular formula is C6H9BrO3. The van der Waals surface area contributed by atoms with Crippen molar-refractivity contribution in [3.63, 3.8) is 0 Å². The lowest BCUT2D eigenvalue weighted by Gasteiger charge is -2.11. The third-order valence-electron chi connectivity index (χ3n) is 0.896. The molecule has 0 radical (unpaired) electrons. The molecule has 0 aromatic carbocycles. The third-order valence-corrected chi connectivity index (χ3v) is 1.41. The first-order valence-corrected chi connectivity index (χ1v) is 3.66. The van der Waals surface area contributed by atoms with E-state index in [9.17, 15) is 9.59 Å². The number of ether oxygens (including phenoxy) is 1. The summed E-state index contributed by atoms with van der Waals surface area (Å²) in [6, 6.07) is 0. The summed E-state index contributed by atoms with van der Waals surface area (Å²) in [5.74, 6) is -0.551. The van der Waals surface area contributed by atoms with Gasteiger partial charge in [0.05, 0.1) is 6.61 Å². The fourth-order valence-corrected chi connectivity index (χ4v) is 0.435. The van der Waals surface area contributed by atoms with Crippen LogP contribution in [0.2, 0.25) is 0 Å². The van der Waals surface area contributed by atoms with Crippen LogP contribution in [0.25, 0.3) is 0 Å². The van der Waals surface area contributed by atoms with Crippen molar-refractivity contribution in [3.05, 3.63) is 0 Å². The van der Waals surface area contributed by atoms with E-state index in [0.29, 0.717) is 6.29 Å². The van der Waals surface area contributed by atoms with Crippen LogP contribution in [0.1, 0.15) is 13.8 Å². The predicted molar refractivity (Wildman–Crippen MR) is 40.0 cm³/mol. The lowest BCUT2D eigenvalue weighted by molar-refractivity contribution is -0.146. The summed E-state index contributed by atoms with van der Waals surface area (Å²) in [5.41, 5.74) is 0. The molecule has 0 saturated carbocycles. The van der Waals surface area contributed by atoms with Gasteiger partial charge in [0.15, 0.2) is 4.32 Å². The summed E-state index contributed by atoms with van der Waals surface area (Å²) in [5, 5.41) is 0. The molecule has 3 nitrogen and oxygen atoms in total. The van der Waals surface area contributed by atoms with Gasteiger partial charge in [-0.25, -0.2) is 0 Å². The fraction of sp³-hybridized carbons (Fsp3) is 0.667. The van der Waals surface area contributed by atoms with Crippen LogP contribution in [0.5, 0.6) is 0 Å². The van der Waals surface area contributed by atoms with Crippen LogP contribution in [-0.2, 0) is 14.3 Å². The molecule has 0 aliphatic rings. The highest BCUT2D eigenvalue weighted by atomic mass is 79.9. The first-order chi connectivity index (χ1) is 4.54. The second-order valence-corrected chi connectivity index (χ2v) is 3.56. The minimum Gasteiger partial charge on any atom is -0.465 e. The van der Waals surface area contributed by atoms with Crippen LogP contribution in [0.15, 0.2) is 0 Å². The second-order valence-electron chi connectivity index (χ2n) is 1.91. The molecule has 0 aliphatic heterocycles. The van der Waals surface area contributed by atoms with Crippen LogP contribution in [0.4, 0.5) is 0 Å². The lowest BCUT2D eigenvalue weighted by atomic mass is 10.2. The highest BCUT2D eigenvalue weighted by molar-refractivity contribution is 9.10.